The molecule has 98 valence electrons. The predicted octanol–water partition coefficient (Wildman–Crippen LogP) is 1.78. The second-order valence-electron chi connectivity index (χ2n) is 5.93. The van der Waals surface area contributed by atoms with Crippen molar-refractivity contribution in [3.8, 4) is 0 Å². The molecular formula is C14H26N2O. The molecular weight excluding hydrogens is 212 g/mol. The Hall–Kier alpha value is -0.570. The zero-order valence-corrected chi connectivity index (χ0v) is 11.3. The number of rotatable bonds is 4. The van der Waals surface area contributed by atoms with Crippen molar-refractivity contribution in [1.82, 2.24) is 10.6 Å². The molecule has 2 fully saturated rings. The van der Waals surface area contributed by atoms with Gasteiger partial charge in [0.1, 0.15) is 0 Å². The van der Waals surface area contributed by atoms with Gasteiger partial charge in [-0.05, 0) is 43.7 Å². The minimum atomic E-state index is 0.170. The van der Waals surface area contributed by atoms with Gasteiger partial charge in [0.25, 0.3) is 0 Å². The van der Waals surface area contributed by atoms with E-state index in [1.807, 2.05) is 0 Å². The van der Waals surface area contributed by atoms with Crippen molar-refractivity contribution in [3.05, 3.63) is 0 Å². The second kappa shape index (κ2) is 5.38. The average molecular weight is 238 g/mol. The molecule has 2 rings (SSSR count). The monoisotopic (exact) mass is 238 g/mol. The van der Waals surface area contributed by atoms with Crippen LogP contribution in [-0.4, -0.2) is 25.0 Å². The topological polar surface area (TPSA) is 41.1 Å². The van der Waals surface area contributed by atoms with Gasteiger partial charge in [-0.3, -0.25) is 4.79 Å². The van der Waals surface area contributed by atoms with Crippen LogP contribution in [0.4, 0.5) is 0 Å². The first kappa shape index (κ1) is 12.9. The van der Waals surface area contributed by atoms with Gasteiger partial charge in [0.15, 0.2) is 0 Å². The largest absolute Gasteiger partial charge is 0.353 e. The minimum Gasteiger partial charge on any atom is -0.353 e. The summed E-state index contributed by atoms with van der Waals surface area (Å²) >= 11 is 0. The molecule has 0 bridgehead atoms. The molecule has 4 unspecified atom stereocenters. The molecule has 3 heteroatoms. The molecule has 0 radical (unpaired) electrons. The number of hydrogen-bond donors (Lipinski definition) is 2. The summed E-state index contributed by atoms with van der Waals surface area (Å²) in [5.41, 5.74) is 0. The summed E-state index contributed by atoms with van der Waals surface area (Å²) in [4.78, 5) is 12.1. The Kier molecular flexibility index (Phi) is 4.08. The van der Waals surface area contributed by atoms with Crippen molar-refractivity contribution in [3.63, 3.8) is 0 Å². The lowest BCUT2D eigenvalue weighted by molar-refractivity contribution is -0.127. The van der Waals surface area contributed by atoms with Gasteiger partial charge in [-0.2, -0.15) is 0 Å². The van der Waals surface area contributed by atoms with Crippen LogP contribution in [0.2, 0.25) is 0 Å². The Morgan fingerprint density at radius 2 is 2.12 bits per heavy atom. The summed E-state index contributed by atoms with van der Waals surface area (Å²) in [6.07, 6.45) is 3.69. The van der Waals surface area contributed by atoms with Gasteiger partial charge in [-0.1, -0.05) is 27.2 Å². The Labute approximate surface area is 105 Å². The quantitative estimate of drug-likeness (QED) is 0.784. The van der Waals surface area contributed by atoms with Crippen LogP contribution in [-0.2, 0) is 4.79 Å². The fourth-order valence-electron chi connectivity index (χ4n) is 3.22. The van der Waals surface area contributed by atoms with Gasteiger partial charge in [0, 0.05) is 12.0 Å². The highest BCUT2D eigenvalue weighted by molar-refractivity contribution is 5.79. The molecule has 1 aliphatic carbocycles. The lowest BCUT2D eigenvalue weighted by Gasteiger charge is -2.33. The Morgan fingerprint density at radius 1 is 1.41 bits per heavy atom. The third kappa shape index (κ3) is 2.65. The molecule has 1 heterocycles. The molecule has 17 heavy (non-hydrogen) atoms. The molecule has 0 aromatic rings. The van der Waals surface area contributed by atoms with Gasteiger partial charge in [-0.25, -0.2) is 0 Å². The van der Waals surface area contributed by atoms with E-state index in [1.54, 1.807) is 0 Å². The van der Waals surface area contributed by atoms with Gasteiger partial charge >= 0.3 is 0 Å². The van der Waals surface area contributed by atoms with Gasteiger partial charge in [0.2, 0.25) is 5.91 Å². The SMILES string of the molecule is CCC1CCC(NC(=O)C(C)C2CNC2)C1C. The van der Waals surface area contributed by atoms with Crippen LogP contribution in [0.15, 0.2) is 0 Å². The number of carbonyl (C=O) groups excluding carboxylic acids is 1. The Balaban J connectivity index is 1.82. The van der Waals surface area contributed by atoms with Crippen LogP contribution in [0.25, 0.3) is 0 Å². The lowest BCUT2D eigenvalue weighted by Crippen LogP contribution is -2.51. The molecule has 4 atom stereocenters. The molecule has 2 N–H and O–H groups in total. The fourth-order valence-corrected chi connectivity index (χ4v) is 3.22. The molecule has 0 aromatic carbocycles. The highest BCUT2D eigenvalue weighted by Gasteiger charge is 2.35. The first-order valence-corrected chi connectivity index (χ1v) is 7.14. The highest BCUT2D eigenvalue weighted by atomic mass is 16.1. The van der Waals surface area contributed by atoms with E-state index in [9.17, 15) is 4.79 Å². The van der Waals surface area contributed by atoms with E-state index < -0.39 is 0 Å². The van der Waals surface area contributed by atoms with Crippen LogP contribution in [0, 0.1) is 23.7 Å². The first-order valence-electron chi connectivity index (χ1n) is 7.14. The number of amides is 1. The zero-order valence-electron chi connectivity index (χ0n) is 11.3. The first-order chi connectivity index (χ1) is 8.13. The van der Waals surface area contributed by atoms with Crippen molar-refractivity contribution in [1.29, 1.82) is 0 Å². The van der Waals surface area contributed by atoms with E-state index in [4.69, 9.17) is 0 Å². The fraction of sp³-hybridized carbons (Fsp3) is 0.929. The van der Waals surface area contributed by atoms with Crippen molar-refractivity contribution >= 4 is 5.91 Å². The molecule has 1 aliphatic heterocycles. The summed E-state index contributed by atoms with van der Waals surface area (Å²) in [5, 5.41) is 6.51. The van der Waals surface area contributed by atoms with Crippen molar-refractivity contribution < 1.29 is 4.79 Å². The maximum Gasteiger partial charge on any atom is 0.223 e. The molecule has 0 aromatic heterocycles. The summed E-state index contributed by atoms with van der Waals surface area (Å²) in [7, 11) is 0. The third-order valence-electron chi connectivity index (χ3n) is 5.01. The zero-order chi connectivity index (χ0) is 12.4. The smallest absolute Gasteiger partial charge is 0.223 e. The van der Waals surface area contributed by atoms with Crippen LogP contribution in [0.5, 0.6) is 0 Å². The maximum atomic E-state index is 12.1. The Bertz CT molecular complexity index is 275. The predicted molar refractivity (Wildman–Crippen MR) is 69.6 cm³/mol. The summed E-state index contributed by atoms with van der Waals surface area (Å²) in [5.74, 6) is 2.44. The van der Waals surface area contributed by atoms with Crippen LogP contribution >= 0.6 is 0 Å². The average Bonchev–Trinajstić information content (AvgIpc) is 2.57. The molecule has 1 saturated heterocycles. The highest BCUT2D eigenvalue weighted by Crippen LogP contribution is 2.34. The number of hydrogen-bond acceptors (Lipinski definition) is 2. The van der Waals surface area contributed by atoms with E-state index in [0.717, 1.165) is 19.0 Å². The number of nitrogens with one attached hydrogen (secondary N) is 2. The van der Waals surface area contributed by atoms with Crippen LogP contribution in [0.3, 0.4) is 0 Å². The normalized spacial score (nSPS) is 35.4. The van der Waals surface area contributed by atoms with Crippen molar-refractivity contribution in [2.75, 3.05) is 13.1 Å². The minimum absolute atomic E-state index is 0.170. The van der Waals surface area contributed by atoms with Crippen LogP contribution in [0.1, 0.15) is 40.0 Å². The third-order valence-corrected chi connectivity index (χ3v) is 5.01. The molecule has 1 saturated carbocycles. The summed E-state index contributed by atoms with van der Waals surface area (Å²) in [6, 6.07) is 0.419. The van der Waals surface area contributed by atoms with Gasteiger partial charge in [-0.15, -0.1) is 0 Å². The van der Waals surface area contributed by atoms with Crippen molar-refractivity contribution in [2.45, 2.75) is 46.1 Å². The van der Waals surface area contributed by atoms with E-state index >= 15 is 0 Å². The lowest BCUT2D eigenvalue weighted by atomic mass is 9.87. The molecule has 0 spiro atoms. The second-order valence-corrected chi connectivity index (χ2v) is 5.93. The standard InChI is InChI=1S/C14H26N2O/c1-4-11-5-6-13(9(11)2)16-14(17)10(3)12-7-15-8-12/h9-13,15H,4-8H2,1-3H3,(H,16,17). The molecule has 2 aliphatic rings. The van der Waals surface area contributed by atoms with E-state index in [2.05, 4.69) is 31.4 Å². The van der Waals surface area contributed by atoms with Gasteiger partial charge < -0.3 is 10.6 Å². The van der Waals surface area contributed by atoms with Crippen LogP contribution < -0.4 is 10.6 Å². The summed E-state index contributed by atoms with van der Waals surface area (Å²) in [6.45, 7) is 8.63. The molecule has 1 amide bonds. The number of carbonyl (C=O) groups is 1. The van der Waals surface area contributed by atoms with Crippen molar-refractivity contribution in [2.24, 2.45) is 23.7 Å². The Morgan fingerprint density at radius 3 is 2.59 bits per heavy atom. The molecule has 3 nitrogen and oxygen atoms in total. The van der Waals surface area contributed by atoms with E-state index in [-0.39, 0.29) is 11.8 Å². The van der Waals surface area contributed by atoms with E-state index in [0.29, 0.717) is 17.9 Å². The van der Waals surface area contributed by atoms with Gasteiger partial charge in [0.05, 0.1) is 0 Å². The maximum absolute atomic E-state index is 12.1. The summed E-state index contributed by atoms with van der Waals surface area (Å²) < 4.78 is 0. The van der Waals surface area contributed by atoms with E-state index in [1.165, 1.54) is 19.3 Å².